The van der Waals surface area contributed by atoms with Gasteiger partial charge in [-0.2, -0.15) is 0 Å². The molecule has 0 aromatic heterocycles. The number of thioether (sulfide) groups is 1. The van der Waals surface area contributed by atoms with Gasteiger partial charge in [-0.05, 0) is 17.7 Å². The summed E-state index contributed by atoms with van der Waals surface area (Å²) in [5, 5.41) is 0. The first kappa shape index (κ1) is 12.1. The molecule has 1 aromatic carbocycles. The summed E-state index contributed by atoms with van der Waals surface area (Å²) in [6, 6.07) is 5.55. The molecule has 5 nitrogen and oxygen atoms in total. The summed E-state index contributed by atoms with van der Waals surface area (Å²) in [4.78, 5) is 25.5. The number of benzene rings is 1. The number of imide groups is 1. The molecule has 0 spiro atoms. The van der Waals surface area contributed by atoms with Crippen LogP contribution in [0.15, 0.2) is 23.1 Å². The monoisotopic (exact) mass is 251 g/mol. The third kappa shape index (κ3) is 2.19. The molecule has 1 aliphatic rings. The van der Waals surface area contributed by atoms with Crippen molar-refractivity contribution in [3.8, 4) is 0 Å². The van der Waals surface area contributed by atoms with Crippen LogP contribution in [0.3, 0.4) is 0 Å². The summed E-state index contributed by atoms with van der Waals surface area (Å²) in [5.41, 5.74) is 12.4. The maximum atomic E-state index is 11.8. The van der Waals surface area contributed by atoms with Crippen LogP contribution in [0.25, 0.3) is 0 Å². The second kappa shape index (κ2) is 4.87. The van der Waals surface area contributed by atoms with Crippen molar-refractivity contribution in [3.05, 3.63) is 23.8 Å². The van der Waals surface area contributed by atoms with E-state index in [0.717, 1.165) is 15.4 Å². The van der Waals surface area contributed by atoms with Crippen LogP contribution >= 0.6 is 11.8 Å². The zero-order valence-electron chi connectivity index (χ0n) is 9.18. The molecule has 1 heterocycles. The van der Waals surface area contributed by atoms with E-state index in [4.69, 9.17) is 11.5 Å². The highest BCUT2D eigenvalue weighted by molar-refractivity contribution is 8.00. The second-order valence-corrected chi connectivity index (χ2v) is 4.64. The van der Waals surface area contributed by atoms with E-state index >= 15 is 0 Å². The Hall–Kier alpha value is -1.37. The van der Waals surface area contributed by atoms with E-state index in [1.165, 1.54) is 11.8 Å². The van der Waals surface area contributed by atoms with Gasteiger partial charge in [0.15, 0.2) is 0 Å². The Morgan fingerprint density at radius 2 is 2.18 bits per heavy atom. The summed E-state index contributed by atoms with van der Waals surface area (Å²) in [7, 11) is 0. The highest BCUT2D eigenvalue weighted by atomic mass is 32.2. The first-order valence-corrected chi connectivity index (χ1v) is 6.17. The van der Waals surface area contributed by atoms with Gasteiger partial charge >= 0.3 is 0 Å². The van der Waals surface area contributed by atoms with E-state index in [-0.39, 0.29) is 24.1 Å². The Morgan fingerprint density at radius 1 is 1.41 bits per heavy atom. The first-order chi connectivity index (χ1) is 8.17. The van der Waals surface area contributed by atoms with Gasteiger partial charge in [-0.15, -0.1) is 11.8 Å². The largest absolute Gasteiger partial charge is 0.326 e. The van der Waals surface area contributed by atoms with E-state index in [0.29, 0.717) is 12.2 Å². The van der Waals surface area contributed by atoms with Gasteiger partial charge in [0.05, 0.1) is 18.0 Å². The molecule has 0 aliphatic carbocycles. The molecule has 0 atom stereocenters. The van der Waals surface area contributed by atoms with Gasteiger partial charge in [0.2, 0.25) is 11.8 Å². The maximum Gasteiger partial charge on any atom is 0.247 e. The number of amides is 2. The predicted octanol–water partition coefficient (Wildman–Crippen LogP) is 0.0693. The third-order valence-electron chi connectivity index (χ3n) is 2.52. The molecule has 0 unspecified atom stereocenters. The van der Waals surface area contributed by atoms with Gasteiger partial charge in [-0.3, -0.25) is 9.59 Å². The Bertz CT molecular complexity index is 476. The summed E-state index contributed by atoms with van der Waals surface area (Å²) in [6.07, 6.45) is 0. The number of carbonyl (C=O) groups is 2. The van der Waals surface area contributed by atoms with Crippen molar-refractivity contribution in [1.82, 2.24) is 0 Å². The smallest absolute Gasteiger partial charge is 0.247 e. The van der Waals surface area contributed by atoms with Crippen LogP contribution in [0.5, 0.6) is 0 Å². The van der Waals surface area contributed by atoms with Gasteiger partial charge < -0.3 is 11.5 Å². The lowest BCUT2D eigenvalue weighted by Gasteiger charge is -2.27. The van der Waals surface area contributed by atoms with Crippen molar-refractivity contribution in [2.24, 2.45) is 11.5 Å². The number of fused-ring (bicyclic) bond motifs is 1. The quantitative estimate of drug-likeness (QED) is 0.776. The lowest BCUT2D eigenvalue weighted by atomic mass is 10.1. The van der Waals surface area contributed by atoms with Crippen molar-refractivity contribution in [1.29, 1.82) is 0 Å². The Morgan fingerprint density at radius 3 is 2.82 bits per heavy atom. The molecule has 1 aromatic rings. The van der Waals surface area contributed by atoms with Crippen molar-refractivity contribution in [3.63, 3.8) is 0 Å². The normalized spacial score (nSPS) is 14.7. The molecule has 0 fully saturated rings. The van der Waals surface area contributed by atoms with Gasteiger partial charge in [-0.25, -0.2) is 4.90 Å². The average Bonchev–Trinajstić information content (AvgIpc) is 2.37. The number of carbonyl (C=O) groups excluding carboxylic acids is 2. The molecule has 90 valence electrons. The predicted molar refractivity (Wildman–Crippen MR) is 66.6 cm³/mol. The zero-order chi connectivity index (χ0) is 12.4. The van der Waals surface area contributed by atoms with Gasteiger partial charge in [0.1, 0.15) is 0 Å². The highest BCUT2D eigenvalue weighted by Gasteiger charge is 2.29. The number of rotatable bonds is 2. The highest BCUT2D eigenvalue weighted by Crippen LogP contribution is 2.35. The summed E-state index contributed by atoms with van der Waals surface area (Å²) >= 11 is 1.42. The van der Waals surface area contributed by atoms with E-state index in [1.54, 1.807) is 6.07 Å². The fourth-order valence-electron chi connectivity index (χ4n) is 1.69. The molecule has 6 heteroatoms. The molecular formula is C11H13N3O2S. The van der Waals surface area contributed by atoms with Crippen LogP contribution in [0, 0.1) is 0 Å². The molecule has 0 saturated heterocycles. The lowest BCUT2D eigenvalue weighted by Crippen LogP contribution is -2.43. The van der Waals surface area contributed by atoms with Crippen molar-refractivity contribution in [2.75, 3.05) is 17.2 Å². The molecule has 0 radical (unpaired) electrons. The molecule has 17 heavy (non-hydrogen) atoms. The molecule has 0 bridgehead atoms. The van der Waals surface area contributed by atoms with E-state index in [1.807, 2.05) is 12.1 Å². The van der Waals surface area contributed by atoms with E-state index in [9.17, 15) is 9.59 Å². The lowest BCUT2D eigenvalue weighted by molar-refractivity contribution is -0.124. The van der Waals surface area contributed by atoms with Crippen molar-refractivity contribution < 1.29 is 9.59 Å². The summed E-state index contributed by atoms with van der Waals surface area (Å²) in [6.45, 7) is 0.194. The number of nitrogens with two attached hydrogens (primary N) is 2. The molecule has 0 saturated carbocycles. The second-order valence-electron chi connectivity index (χ2n) is 3.62. The Labute approximate surface area is 103 Å². The van der Waals surface area contributed by atoms with Crippen LogP contribution in [0.4, 0.5) is 5.69 Å². The molecule has 2 amide bonds. The minimum Gasteiger partial charge on any atom is -0.326 e. The molecule has 4 N–H and O–H groups in total. The molecular weight excluding hydrogens is 238 g/mol. The molecule has 2 rings (SSSR count). The number of anilines is 1. The van der Waals surface area contributed by atoms with Crippen molar-refractivity contribution >= 4 is 29.3 Å². The van der Waals surface area contributed by atoms with Crippen LogP contribution in [0.2, 0.25) is 0 Å². The van der Waals surface area contributed by atoms with Gasteiger partial charge in [0.25, 0.3) is 0 Å². The number of hydrogen-bond acceptors (Lipinski definition) is 5. The Balaban J connectivity index is 2.48. The number of hydrogen-bond donors (Lipinski definition) is 2. The fourth-order valence-corrected chi connectivity index (χ4v) is 2.56. The minimum absolute atomic E-state index is 0.178. The molecule has 1 aliphatic heterocycles. The van der Waals surface area contributed by atoms with Gasteiger partial charge in [-0.1, -0.05) is 6.07 Å². The fraction of sp³-hybridized carbons (Fsp3) is 0.273. The standard InChI is InChI=1S/C11H13N3O2S/c12-4-7-1-2-9-8(3-7)14(10(15)5-13)11(16)6-17-9/h1-3H,4-6,12-13H2. The minimum atomic E-state index is -0.384. The summed E-state index contributed by atoms with van der Waals surface area (Å²) in [5.74, 6) is -0.349. The van der Waals surface area contributed by atoms with Crippen LogP contribution in [-0.2, 0) is 16.1 Å². The summed E-state index contributed by atoms with van der Waals surface area (Å²) < 4.78 is 0. The zero-order valence-corrected chi connectivity index (χ0v) is 10.00. The Kier molecular flexibility index (Phi) is 3.46. The first-order valence-electron chi connectivity index (χ1n) is 5.19. The van der Waals surface area contributed by atoms with Crippen molar-refractivity contribution in [2.45, 2.75) is 11.4 Å². The average molecular weight is 251 g/mol. The van der Waals surface area contributed by atoms with E-state index in [2.05, 4.69) is 0 Å². The number of nitrogens with zero attached hydrogens (tertiary/aromatic N) is 1. The maximum absolute atomic E-state index is 11.8. The van der Waals surface area contributed by atoms with Gasteiger partial charge in [0, 0.05) is 11.4 Å². The van der Waals surface area contributed by atoms with Crippen LogP contribution < -0.4 is 16.4 Å². The van der Waals surface area contributed by atoms with Crippen LogP contribution in [0.1, 0.15) is 5.56 Å². The van der Waals surface area contributed by atoms with Crippen LogP contribution in [-0.4, -0.2) is 24.1 Å². The third-order valence-corrected chi connectivity index (χ3v) is 3.57. The topological polar surface area (TPSA) is 89.4 Å². The SMILES string of the molecule is NCC(=O)N1C(=O)CSc2ccc(CN)cc21. The van der Waals surface area contributed by atoms with E-state index < -0.39 is 0 Å².